The quantitative estimate of drug-likeness (QED) is 0.677. The van der Waals surface area contributed by atoms with Gasteiger partial charge < -0.3 is 30.1 Å². The van der Waals surface area contributed by atoms with E-state index >= 15 is 0 Å². The van der Waals surface area contributed by atoms with Crippen molar-refractivity contribution in [3.8, 4) is 11.5 Å². The molecule has 0 bridgehead atoms. The topological polar surface area (TPSA) is 115 Å². The molecule has 7 nitrogen and oxygen atoms in total. The van der Waals surface area contributed by atoms with Crippen molar-refractivity contribution in [2.45, 2.75) is 38.8 Å². The second-order valence-corrected chi connectivity index (χ2v) is 6.62. The highest BCUT2D eigenvalue weighted by Crippen LogP contribution is 2.34. The molecule has 1 aliphatic heterocycles. The highest BCUT2D eigenvalue weighted by atomic mass is 16.5. The van der Waals surface area contributed by atoms with E-state index in [9.17, 15) is 4.79 Å². The number of hydrogen-bond donors (Lipinski definition) is 3. The van der Waals surface area contributed by atoms with Gasteiger partial charge >= 0.3 is 0 Å². The number of carbonyl (C=O) groups excluding carboxylic acids is 1. The Morgan fingerprint density at radius 3 is 2.59 bits per heavy atom. The van der Waals surface area contributed by atoms with Crippen molar-refractivity contribution in [1.29, 1.82) is 0 Å². The zero-order chi connectivity index (χ0) is 22.0. The number of fused-ring (bicyclic) bond motifs is 1. The number of nitrogens with two attached hydrogens (primary N) is 1. The largest absolute Gasteiger partial charge is 0.503 e. The summed E-state index contributed by atoms with van der Waals surface area (Å²) in [6, 6.07) is 7.44. The highest BCUT2D eigenvalue weighted by molar-refractivity contribution is 5.74. The maximum absolute atomic E-state index is 10.6. The summed E-state index contributed by atoms with van der Waals surface area (Å²) in [6.07, 6.45) is 3.50. The first-order valence-electron chi connectivity index (χ1n) is 9.24. The summed E-state index contributed by atoms with van der Waals surface area (Å²) >= 11 is 0. The van der Waals surface area contributed by atoms with E-state index in [-0.39, 0.29) is 23.3 Å². The second-order valence-electron chi connectivity index (χ2n) is 6.62. The Labute approximate surface area is 171 Å². The van der Waals surface area contributed by atoms with E-state index < -0.39 is 0 Å². The molecule has 2 atom stereocenters. The van der Waals surface area contributed by atoms with Crippen LogP contribution in [0.5, 0.6) is 11.5 Å². The Hall–Kier alpha value is -2.90. The number of nitrogens with one attached hydrogen (secondary N) is 1. The van der Waals surface area contributed by atoms with E-state index in [0.717, 1.165) is 36.3 Å². The van der Waals surface area contributed by atoms with Gasteiger partial charge in [-0.25, -0.2) is 0 Å². The van der Waals surface area contributed by atoms with Crippen molar-refractivity contribution in [2.24, 2.45) is 5.73 Å². The monoisotopic (exact) mass is 402 g/mol. The average molecular weight is 402 g/mol. The fraction of sp³-hybridized carbons (Fsp3) is 0.364. The summed E-state index contributed by atoms with van der Waals surface area (Å²) in [4.78, 5) is 21.3. The smallest absolute Gasteiger partial charge is 0.223 e. The van der Waals surface area contributed by atoms with Crippen LogP contribution in [0, 0.1) is 6.92 Å². The Kier molecular flexibility index (Phi) is 9.85. The van der Waals surface area contributed by atoms with E-state index in [1.807, 2.05) is 13.7 Å². The van der Waals surface area contributed by atoms with Crippen LogP contribution in [0.1, 0.15) is 30.2 Å². The lowest BCUT2D eigenvalue weighted by Gasteiger charge is -2.31. The molecule has 2 unspecified atom stereocenters. The van der Waals surface area contributed by atoms with Crippen molar-refractivity contribution in [1.82, 2.24) is 4.98 Å². The van der Waals surface area contributed by atoms with Crippen LogP contribution < -0.4 is 15.9 Å². The van der Waals surface area contributed by atoms with Crippen molar-refractivity contribution in [3.05, 3.63) is 64.1 Å². The van der Waals surface area contributed by atoms with Crippen LogP contribution in [-0.2, 0) is 16.0 Å². The predicted molar refractivity (Wildman–Crippen MR) is 114 cm³/mol. The van der Waals surface area contributed by atoms with E-state index in [0.29, 0.717) is 5.69 Å². The number of rotatable bonds is 4. The number of aromatic hydroxyl groups is 1. The van der Waals surface area contributed by atoms with Crippen LogP contribution in [0.3, 0.4) is 0 Å². The summed E-state index contributed by atoms with van der Waals surface area (Å²) in [5.41, 5.74) is 9.46. The molecule has 0 aliphatic carbocycles. The molecule has 0 saturated heterocycles. The third-order valence-corrected chi connectivity index (χ3v) is 4.55. The molecule has 2 aromatic rings. The van der Waals surface area contributed by atoms with Gasteiger partial charge in [-0.2, -0.15) is 0 Å². The molecule has 0 radical (unpaired) electrons. The number of aryl methyl sites for hydroxylation is 2. The van der Waals surface area contributed by atoms with Gasteiger partial charge in [0.25, 0.3) is 0 Å². The van der Waals surface area contributed by atoms with Gasteiger partial charge in [-0.3, -0.25) is 4.79 Å². The van der Waals surface area contributed by atoms with Gasteiger partial charge in [0.2, 0.25) is 5.43 Å². The van der Waals surface area contributed by atoms with E-state index in [2.05, 4.69) is 29.8 Å². The highest BCUT2D eigenvalue weighted by Gasteiger charge is 2.27. The van der Waals surface area contributed by atoms with Gasteiger partial charge in [-0.05, 0) is 43.9 Å². The molecular weight excluding hydrogens is 372 g/mol. The lowest BCUT2D eigenvalue weighted by Crippen LogP contribution is -2.40. The molecule has 1 aromatic carbocycles. The maximum Gasteiger partial charge on any atom is 0.223 e. The molecule has 4 N–H and O–H groups in total. The summed E-state index contributed by atoms with van der Waals surface area (Å²) < 4.78 is 10.9. The Bertz CT molecular complexity index is 863. The zero-order valence-electron chi connectivity index (χ0n) is 17.2. The molecule has 2 heterocycles. The van der Waals surface area contributed by atoms with Crippen molar-refractivity contribution in [3.63, 3.8) is 0 Å². The fourth-order valence-corrected chi connectivity index (χ4v) is 2.82. The molecule has 0 saturated carbocycles. The number of carbonyl (C=O) groups is 1. The minimum Gasteiger partial charge on any atom is -0.503 e. The number of aromatic nitrogens is 1. The Balaban J connectivity index is 0.000000321. The maximum atomic E-state index is 10.6. The number of H-pyrrole nitrogens is 1. The molecule has 3 rings (SSSR count). The summed E-state index contributed by atoms with van der Waals surface area (Å²) in [5, 5.41) is 8.86. The minimum atomic E-state index is -0.341. The second kappa shape index (κ2) is 11.8. The van der Waals surface area contributed by atoms with Crippen LogP contribution in [-0.4, -0.2) is 42.7 Å². The van der Waals surface area contributed by atoms with Gasteiger partial charge in [0, 0.05) is 31.5 Å². The number of aromatic amines is 1. The van der Waals surface area contributed by atoms with Crippen molar-refractivity contribution >= 4 is 12.4 Å². The molecule has 158 valence electrons. The molecule has 1 aromatic heterocycles. The third-order valence-electron chi connectivity index (χ3n) is 4.55. The van der Waals surface area contributed by atoms with Crippen LogP contribution in [0.2, 0.25) is 0 Å². The molecule has 1 aliphatic rings. The number of pyridine rings is 1. The van der Waals surface area contributed by atoms with E-state index in [1.165, 1.54) is 17.8 Å². The van der Waals surface area contributed by atoms with Gasteiger partial charge in [-0.1, -0.05) is 18.7 Å². The van der Waals surface area contributed by atoms with Gasteiger partial charge in [0.1, 0.15) is 18.6 Å². The van der Waals surface area contributed by atoms with Gasteiger partial charge in [0.15, 0.2) is 5.75 Å². The molecule has 0 amide bonds. The van der Waals surface area contributed by atoms with Crippen molar-refractivity contribution < 1.29 is 19.4 Å². The van der Waals surface area contributed by atoms with Crippen LogP contribution in [0.25, 0.3) is 5.57 Å². The fourth-order valence-electron chi connectivity index (χ4n) is 2.82. The SMILES string of the molecule is C=C1c2ccc(CCCOC)cc2OC(C)C1N.C=O.Cc1[nH]ccc(=O)c1O. The summed E-state index contributed by atoms with van der Waals surface area (Å²) in [5.74, 6) is 0.710. The number of benzene rings is 1. The van der Waals surface area contributed by atoms with E-state index in [4.69, 9.17) is 25.1 Å². The first-order valence-corrected chi connectivity index (χ1v) is 9.24. The minimum absolute atomic E-state index is 0.0146. The Morgan fingerprint density at radius 1 is 1.31 bits per heavy atom. The van der Waals surface area contributed by atoms with Crippen LogP contribution >= 0.6 is 0 Å². The predicted octanol–water partition coefficient (Wildman–Crippen LogP) is 2.59. The first kappa shape index (κ1) is 24.1. The standard InChI is InChI=1S/C15H21NO2.C6H7NO2.CH2O/c1-10-13-7-6-12(5-4-8-17-3)9-14(13)18-11(2)15(10)16;1-4-6(9)5(8)2-3-7-4;1-2/h6-7,9,11,15H,1,4-5,8,16H2,2-3H3;2-3,9H,1H3,(H,7,8);1H2. The van der Waals surface area contributed by atoms with Crippen LogP contribution in [0.4, 0.5) is 0 Å². The summed E-state index contributed by atoms with van der Waals surface area (Å²) in [6.45, 7) is 10.5. The lowest BCUT2D eigenvalue weighted by atomic mass is 9.92. The average Bonchev–Trinajstić information content (AvgIpc) is 2.72. The van der Waals surface area contributed by atoms with Crippen LogP contribution in [0.15, 0.2) is 41.8 Å². The van der Waals surface area contributed by atoms with E-state index in [1.54, 1.807) is 14.0 Å². The molecule has 7 heteroatoms. The summed E-state index contributed by atoms with van der Waals surface area (Å²) in [7, 11) is 1.73. The number of methoxy groups -OCH3 is 1. The Morgan fingerprint density at radius 2 is 2.00 bits per heavy atom. The van der Waals surface area contributed by atoms with Gasteiger partial charge in [0.05, 0.1) is 11.7 Å². The number of hydrogen-bond acceptors (Lipinski definition) is 6. The normalized spacial score (nSPS) is 17.0. The molecule has 0 fully saturated rings. The molecule has 0 spiro atoms. The zero-order valence-corrected chi connectivity index (χ0v) is 17.2. The molecular formula is C22H30N2O5. The lowest BCUT2D eigenvalue weighted by molar-refractivity contribution is -0.0979. The number of ether oxygens (including phenoxy) is 2. The third kappa shape index (κ3) is 6.58. The first-order chi connectivity index (χ1) is 13.8. The molecule has 29 heavy (non-hydrogen) atoms. The van der Waals surface area contributed by atoms with Gasteiger partial charge in [-0.15, -0.1) is 0 Å². The van der Waals surface area contributed by atoms with Crippen molar-refractivity contribution in [2.75, 3.05) is 13.7 Å².